The van der Waals surface area contributed by atoms with E-state index in [1.165, 1.54) is 4.57 Å². The lowest BCUT2D eigenvalue weighted by molar-refractivity contribution is 0.0618. The number of anilines is 3. The van der Waals surface area contributed by atoms with Gasteiger partial charge in [-0.1, -0.05) is 78.9 Å². The van der Waals surface area contributed by atoms with Crippen LogP contribution in [0.25, 0.3) is 0 Å². The number of rotatable bonds is 7. The van der Waals surface area contributed by atoms with Crippen molar-refractivity contribution in [1.82, 2.24) is 9.55 Å². The van der Waals surface area contributed by atoms with Gasteiger partial charge < -0.3 is 14.5 Å². The number of ether oxygens (including phenoxy) is 1. The minimum atomic E-state index is -0.482. The number of nitrogens with one attached hydrogen (secondary N) is 1. The summed E-state index contributed by atoms with van der Waals surface area (Å²) in [6.45, 7) is 2.32. The van der Waals surface area contributed by atoms with E-state index >= 15 is 0 Å². The molecule has 178 valence electrons. The molecule has 7 heteroatoms. The van der Waals surface area contributed by atoms with Gasteiger partial charge in [-0.25, -0.2) is 4.79 Å². The fraction of sp³-hybridized carbons (Fsp3) is 0.214. The van der Waals surface area contributed by atoms with Gasteiger partial charge in [-0.15, -0.1) is 0 Å². The predicted molar refractivity (Wildman–Crippen MR) is 138 cm³/mol. The Kier molecular flexibility index (Phi) is 6.77. The van der Waals surface area contributed by atoms with Crippen LogP contribution in [0.2, 0.25) is 0 Å². The van der Waals surface area contributed by atoms with Gasteiger partial charge in [0.25, 0.3) is 5.56 Å². The molecule has 1 aromatic heterocycles. The molecule has 2 heterocycles. The van der Waals surface area contributed by atoms with Gasteiger partial charge in [-0.3, -0.25) is 14.3 Å². The van der Waals surface area contributed by atoms with Crippen LogP contribution in [-0.2, 0) is 24.6 Å². The number of aromatic nitrogens is 2. The largest absolute Gasteiger partial charge is 0.360 e. The van der Waals surface area contributed by atoms with Crippen molar-refractivity contribution in [2.75, 3.05) is 22.9 Å². The molecule has 5 rings (SSSR count). The molecule has 1 aliphatic rings. The van der Waals surface area contributed by atoms with Crippen LogP contribution in [0.1, 0.15) is 17.5 Å². The second kappa shape index (κ2) is 10.4. The van der Waals surface area contributed by atoms with Crippen LogP contribution < -0.4 is 21.0 Å². The Morgan fingerprint density at radius 1 is 0.771 bits per heavy atom. The third-order valence-corrected chi connectivity index (χ3v) is 6.15. The first-order chi connectivity index (χ1) is 17.2. The molecule has 1 aliphatic heterocycles. The molecule has 0 radical (unpaired) electrons. The maximum Gasteiger partial charge on any atom is 0.331 e. The molecule has 0 amide bonds. The van der Waals surface area contributed by atoms with E-state index in [9.17, 15) is 9.59 Å². The van der Waals surface area contributed by atoms with E-state index in [1.807, 2.05) is 91.0 Å². The van der Waals surface area contributed by atoms with Crippen LogP contribution in [-0.4, -0.2) is 22.6 Å². The first-order valence-corrected chi connectivity index (χ1v) is 11.8. The molecule has 0 unspecified atom stereocenters. The second-order valence-corrected chi connectivity index (χ2v) is 8.57. The molecular weight excluding hydrogens is 440 g/mol. The number of aromatic amines is 1. The van der Waals surface area contributed by atoms with Crippen LogP contribution in [0, 0.1) is 0 Å². The fourth-order valence-corrected chi connectivity index (χ4v) is 4.52. The summed E-state index contributed by atoms with van der Waals surface area (Å²) in [5, 5.41) is 0. The van der Waals surface area contributed by atoms with Gasteiger partial charge in [0.15, 0.2) is 0 Å². The maximum atomic E-state index is 13.3. The first-order valence-electron chi connectivity index (χ1n) is 11.8. The molecule has 0 saturated heterocycles. The van der Waals surface area contributed by atoms with E-state index in [0.717, 1.165) is 23.2 Å². The Morgan fingerprint density at radius 3 is 2.09 bits per heavy atom. The number of hydrogen-bond acceptors (Lipinski definition) is 5. The molecule has 4 aromatic rings. The number of hydrogen-bond donors (Lipinski definition) is 1. The zero-order valence-corrected chi connectivity index (χ0v) is 19.5. The van der Waals surface area contributed by atoms with E-state index < -0.39 is 5.69 Å². The molecule has 0 fully saturated rings. The topological polar surface area (TPSA) is 70.6 Å². The van der Waals surface area contributed by atoms with E-state index in [0.29, 0.717) is 37.7 Å². The number of nitrogens with zero attached hydrogens (tertiary/aromatic N) is 3. The molecule has 3 aromatic carbocycles. The van der Waals surface area contributed by atoms with E-state index in [4.69, 9.17) is 4.74 Å². The summed E-state index contributed by atoms with van der Waals surface area (Å²) in [7, 11) is 0. The molecule has 0 bridgehead atoms. The zero-order chi connectivity index (χ0) is 24.0. The van der Waals surface area contributed by atoms with Gasteiger partial charge in [0.1, 0.15) is 18.2 Å². The maximum absolute atomic E-state index is 13.3. The summed E-state index contributed by atoms with van der Waals surface area (Å²) in [5.74, 6) is 0.562. The van der Waals surface area contributed by atoms with Crippen molar-refractivity contribution in [1.29, 1.82) is 0 Å². The molecule has 7 nitrogen and oxygen atoms in total. The Labute approximate surface area is 203 Å². The third kappa shape index (κ3) is 5.05. The van der Waals surface area contributed by atoms with Crippen molar-refractivity contribution < 1.29 is 4.74 Å². The lowest BCUT2D eigenvalue weighted by atomic mass is 10.2. The summed E-state index contributed by atoms with van der Waals surface area (Å²) in [6.07, 6.45) is 0.828. The highest BCUT2D eigenvalue weighted by atomic mass is 16.5. The van der Waals surface area contributed by atoms with Gasteiger partial charge in [-0.05, 0) is 29.7 Å². The van der Waals surface area contributed by atoms with Crippen molar-refractivity contribution in [2.24, 2.45) is 0 Å². The molecule has 0 saturated carbocycles. The predicted octanol–water partition coefficient (Wildman–Crippen LogP) is 4.26. The van der Waals surface area contributed by atoms with E-state index in [1.54, 1.807) is 0 Å². The zero-order valence-electron chi connectivity index (χ0n) is 19.5. The lowest BCUT2D eigenvalue weighted by Gasteiger charge is -2.29. The number of benzene rings is 3. The minimum absolute atomic E-state index is 0.0232. The fourth-order valence-electron chi connectivity index (χ4n) is 4.52. The lowest BCUT2D eigenvalue weighted by Crippen LogP contribution is -2.39. The standard InChI is InChI=1S/C28H28N4O3/c33-26-25-27(32(28(34)29-26)21-35-20-23-13-6-2-7-14-23)31(24-15-8-3-9-16-24)18-10-17-30(25)19-22-11-4-1-5-12-22/h1-9,11-16H,10,17-21H2,(H,29,33,34). The van der Waals surface area contributed by atoms with Gasteiger partial charge >= 0.3 is 5.69 Å². The average Bonchev–Trinajstić information content (AvgIpc) is 3.08. The van der Waals surface area contributed by atoms with Crippen LogP contribution >= 0.6 is 0 Å². The highest BCUT2D eigenvalue weighted by Crippen LogP contribution is 2.34. The first kappa shape index (κ1) is 22.7. The molecular formula is C28H28N4O3. The quantitative estimate of drug-likeness (QED) is 0.439. The monoisotopic (exact) mass is 468 g/mol. The van der Waals surface area contributed by atoms with Crippen LogP contribution in [0.15, 0.2) is 101 Å². The summed E-state index contributed by atoms with van der Waals surface area (Å²) >= 11 is 0. The number of para-hydroxylation sites is 1. The Morgan fingerprint density at radius 2 is 1.40 bits per heavy atom. The molecule has 0 spiro atoms. The summed E-state index contributed by atoms with van der Waals surface area (Å²) in [6, 6.07) is 29.8. The Bertz CT molecular complexity index is 1370. The van der Waals surface area contributed by atoms with Gasteiger partial charge in [-0.2, -0.15) is 0 Å². The SMILES string of the molecule is O=c1[nH]c(=O)n(COCc2ccccc2)c2c1N(Cc1ccccc1)CCCN2c1ccccc1. The summed E-state index contributed by atoms with van der Waals surface area (Å²) in [4.78, 5) is 33.0. The molecule has 0 atom stereocenters. The smallest absolute Gasteiger partial charge is 0.331 e. The van der Waals surface area contributed by atoms with Crippen molar-refractivity contribution in [3.63, 3.8) is 0 Å². The summed E-state index contributed by atoms with van der Waals surface area (Å²) in [5.41, 5.74) is 2.66. The van der Waals surface area contributed by atoms with Crippen LogP contribution in [0.4, 0.5) is 17.2 Å². The van der Waals surface area contributed by atoms with Crippen molar-refractivity contribution in [3.05, 3.63) is 123 Å². The summed E-state index contributed by atoms with van der Waals surface area (Å²) < 4.78 is 7.50. The van der Waals surface area contributed by atoms with Crippen LogP contribution in [0.5, 0.6) is 0 Å². The van der Waals surface area contributed by atoms with Crippen LogP contribution in [0.3, 0.4) is 0 Å². The average molecular weight is 469 g/mol. The molecule has 35 heavy (non-hydrogen) atoms. The molecule has 1 N–H and O–H groups in total. The van der Waals surface area contributed by atoms with E-state index in [-0.39, 0.29) is 12.3 Å². The van der Waals surface area contributed by atoms with Gasteiger partial charge in [0.05, 0.1) is 6.61 Å². The minimum Gasteiger partial charge on any atom is -0.360 e. The van der Waals surface area contributed by atoms with Crippen molar-refractivity contribution >= 4 is 17.2 Å². The Balaban J connectivity index is 1.58. The van der Waals surface area contributed by atoms with Crippen molar-refractivity contribution in [2.45, 2.75) is 26.3 Å². The third-order valence-electron chi connectivity index (χ3n) is 6.15. The number of fused-ring (bicyclic) bond motifs is 1. The van der Waals surface area contributed by atoms with Gasteiger partial charge in [0.2, 0.25) is 0 Å². The Hall–Kier alpha value is -4.10. The molecule has 0 aliphatic carbocycles. The highest BCUT2D eigenvalue weighted by Gasteiger charge is 2.29. The second-order valence-electron chi connectivity index (χ2n) is 8.57. The normalized spacial score (nSPS) is 13.4. The van der Waals surface area contributed by atoms with Crippen molar-refractivity contribution in [3.8, 4) is 0 Å². The number of H-pyrrole nitrogens is 1. The van der Waals surface area contributed by atoms with E-state index in [2.05, 4.69) is 14.8 Å². The highest BCUT2D eigenvalue weighted by molar-refractivity contribution is 5.74. The van der Waals surface area contributed by atoms with Gasteiger partial charge in [0, 0.05) is 25.3 Å².